The summed E-state index contributed by atoms with van der Waals surface area (Å²) >= 11 is 0. The Bertz CT molecular complexity index is 580. The van der Waals surface area contributed by atoms with Crippen LogP contribution in [0.4, 0.5) is 0 Å². The van der Waals surface area contributed by atoms with Crippen LogP contribution in [0.5, 0.6) is 5.75 Å². The highest BCUT2D eigenvalue weighted by Gasteiger charge is 2.29. The van der Waals surface area contributed by atoms with Crippen LogP contribution in [0.25, 0.3) is 6.08 Å². The highest BCUT2D eigenvalue weighted by Crippen LogP contribution is 2.22. The molecule has 0 aromatic heterocycles. The Labute approximate surface area is 123 Å². The van der Waals surface area contributed by atoms with Gasteiger partial charge >= 0.3 is 5.97 Å². The number of carboxylic acids is 1. The molecule has 1 saturated heterocycles. The zero-order valence-electron chi connectivity index (χ0n) is 12.2. The topological polar surface area (TPSA) is 66.8 Å². The van der Waals surface area contributed by atoms with Crippen LogP contribution < -0.4 is 4.74 Å². The Morgan fingerprint density at radius 1 is 1.43 bits per heavy atom. The maximum atomic E-state index is 12.1. The van der Waals surface area contributed by atoms with Gasteiger partial charge in [-0.05, 0) is 31.6 Å². The second kappa shape index (κ2) is 6.43. The molecule has 0 saturated carbocycles. The van der Waals surface area contributed by atoms with Gasteiger partial charge in [0.05, 0.1) is 13.0 Å². The van der Waals surface area contributed by atoms with Crippen LogP contribution in [0.15, 0.2) is 24.3 Å². The van der Waals surface area contributed by atoms with Gasteiger partial charge in [0.25, 0.3) is 0 Å². The van der Waals surface area contributed by atoms with Gasteiger partial charge in [0.2, 0.25) is 5.91 Å². The van der Waals surface area contributed by atoms with Crippen molar-refractivity contribution < 1.29 is 19.4 Å². The number of methoxy groups -OCH3 is 1. The fourth-order valence-electron chi connectivity index (χ4n) is 2.41. The van der Waals surface area contributed by atoms with E-state index in [9.17, 15) is 9.59 Å². The van der Waals surface area contributed by atoms with E-state index in [4.69, 9.17) is 9.84 Å². The maximum absolute atomic E-state index is 12.1. The quantitative estimate of drug-likeness (QED) is 0.860. The van der Waals surface area contributed by atoms with Crippen molar-refractivity contribution in [1.82, 2.24) is 4.90 Å². The van der Waals surface area contributed by atoms with Crippen molar-refractivity contribution in [2.45, 2.75) is 13.3 Å². The number of nitrogens with zero attached hydrogens (tertiary/aromatic N) is 1. The van der Waals surface area contributed by atoms with Crippen LogP contribution in [0.2, 0.25) is 0 Å². The largest absolute Gasteiger partial charge is 0.496 e. The minimum absolute atomic E-state index is 0.165. The molecule has 0 bridgehead atoms. The van der Waals surface area contributed by atoms with Crippen LogP contribution in [0, 0.1) is 12.8 Å². The number of amides is 1. The van der Waals surface area contributed by atoms with Crippen LogP contribution in [0.1, 0.15) is 17.5 Å². The lowest BCUT2D eigenvalue weighted by Gasteiger charge is -2.13. The molecule has 112 valence electrons. The number of ether oxygens (including phenoxy) is 1. The fourth-order valence-corrected chi connectivity index (χ4v) is 2.41. The molecule has 1 aliphatic rings. The minimum Gasteiger partial charge on any atom is -0.496 e. The molecule has 1 unspecified atom stereocenters. The van der Waals surface area contributed by atoms with Gasteiger partial charge in [0.1, 0.15) is 5.75 Å². The number of aliphatic carboxylic acids is 1. The molecule has 1 heterocycles. The average molecular weight is 289 g/mol. The number of aryl methyl sites for hydroxylation is 1. The van der Waals surface area contributed by atoms with Crippen LogP contribution in [-0.2, 0) is 9.59 Å². The van der Waals surface area contributed by atoms with Crippen molar-refractivity contribution >= 4 is 18.0 Å². The van der Waals surface area contributed by atoms with Gasteiger partial charge in [-0.15, -0.1) is 0 Å². The smallest absolute Gasteiger partial charge is 0.308 e. The summed E-state index contributed by atoms with van der Waals surface area (Å²) in [6.07, 6.45) is 3.70. The zero-order chi connectivity index (χ0) is 15.4. The molecule has 1 aromatic rings. The molecule has 5 nitrogen and oxygen atoms in total. The molecule has 1 fully saturated rings. The average Bonchev–Trinajstić information content (AvgIpc) is 2.95. The van der Waals surface area contributed by atoms with Gasteiger partial charge in [-0.2, -0.15) is 0 Å². The molecule has 1 aliphatic heterocycles. The first-order valence-electron chi connectivity index (χ1n) is 6.85. The van der Waals surface area contributed by atoms with Crippen LogP contribution in [0.3, 0.4) is 0 Å². The number of rotatable bonds is 4. The predicted molar refractivity (Wildman–Crippen MR) is 79.1 cm³/mol. The van der Waals surface area contributed by atoms with Gasteiger partial charge in [-0.25, -0.2) is 0 Å². The summed E-state index contributed by atoms with van der Waals surface area (Å²) in [5.74, 6) is -0.748. The molecule has 0 aliphatic carbocycles. The number of carbonyl (C=O) groups is 2. The third kappa shape index (κ3) is 3.62. The van der Waals surface area contributed by atoms with Gasteiger partial charge in [-0.3, -0.25) is 9.59 Å². The Kier molecular flexibility index (Phi) is 4.62. The monoisotopic (exact) mass is 289 g/mol. The van der Waals surface area contributed by atoms with Crippen molar-refractivity contribution in [2.75, 3.05) is 20.2 Å². The Morgan fingerprint density at radius 3 is 2.81 bits per heavy atom. The van der Waals surface area contributed by atoms with E-state index < -0.39 is 11.9 Å². The predicted octanol–water partition coefficient (Wildman–Crippen LogP) is 1.95. The normalized spacial score (nSPS) is 18.2. The maximum Gasteiger partial charge on any atom is 0.308 e. The van der Waals surface area contributed by atoms with E-state index >= 15 is 0 Å². The molecule has 0 radical (unpaired) electrons. The second-order valence-corrected chi connectivity index (χ2v) is 5.19. The molecule has 1 N–H and O–H groups in total. The number of carboxylic acid groups (broad SMARTS) is 1. The second-order valence-electron chi connectivity index (χ2n) is 5.19. The lowest BCUT2D eigenvalue weighted by atomic mass is 10.1. The van der Waals surface area contributed by atoms with Crippen molar-refractivity contribution in [2.24, 2.45) is 5.92 Å². The van der Waals surface area contributed by atoms with E-state index in [-0.39, 0.29) is 12.5 Å². The summed E-state index contributed by atoms with van der Waals surface area (Å²) in [7, 11) is 1.59. The first-order valence-corrected chi connectivity index (χ1v) is 6.85. The Morgan fingerprint density at radius 2 is 2.19 bits per heavy atom. The molecule has 5 heteroatoms. The molecule has 1 atom stereocenters. The van der Waals surface area contributed by atoms with Crippen molar-refractivity contribution in [3.8, 4) is 5.75 Å². The van der Waals surface area contributed by atoms with E-state index in [0.29, 0.717) is 18.7 Å². The third-order valence-corrected chi connectivity index (χ3v) is 3.64. The van der Waals surface area contributed by atoms with Crippen LogP contribution in [-0.4, -0.2) is 42.1 Å². The van der Waals surface area contributed by atoms with Crippen molar-refractivity contribution in [3.05, 3.63) is 35.4 Å². The first-order chi connectivity index (χ1) is 10.0. The van der Waals surface area contributed by atoms with E-state index in [1.165, 1.54) is 6.08 Å². The number of benzene rings is 1. The molecule has 21 heavy (non-hydrogen) atoms. The first kappa shape index (κ1) is 15.1. The molecule has 1 amide bonds. The summed E-state index contributed by atoms with van der Waals surface area (Å²) in [6, 6.07) is 5.73. The highest BCUT2D eigenvalue weighted by atomic mass is 16.5. The third-order valence-electron chi connectivity index (χ3n) is 3.64. The van der Waals surface area contributed by atoms with E-state index in [1.807, 2.05) is 25.1 Å². The molecular formula is C16H19NO4. The molecule has 2 rings (SSSR count). The standard InChI is InChI=1S/C16H19NO4/c1-11-3-5-14(21-2)12(9-11)4-6-15(18)17-8-7-13(10-17)16(19)20/h3-6,9,13H,7-8,10H2,1-2H3,(H,19,20). The number of hydrogen-bond donors (Lipinski definition) is 1. The summed E-state index contributed by atoms with van der Waals surface area (Å²) in [5.41, 5.74) is 1.91. The lowest BCUT2D eigenvalue weighted by molar-refractivity contribution is -0.141. The summed E-state index contributed by atoms with van der Waals surface area (Å²) in [6.45, 7) is 2.74. The number of likely N-dealkylation sites (tertiary alicyclic amines) is 1. The van der Waals surface area contributed by atoms with Gasteiger partial charge < -0.3 is 14.7 Å². The summed E-state index contributed by atoms with van der Waals surface area (Å²) in [4.78, 5) is 24.5. The van der Waals surface area contributed by atoms with E-state index in [2.05, 4.69) is 0 Å². The fraction of sp³-hybridized carbons (Fsp3) is 0.375. The van der Waals surface area contributed by atoms with Crippen molar-refractivity contribution in [3.63, 3.8) is 0 Å². The number of carbonyl (C=O) groups excluding carboxylic acids is 1. The van der Waals surface area contributed by atoms with Crippen molar-refractivity contribution in [1.29, 1.82) is 0 Å². The van der Waals surface area contributed by atoms with Crippen LogP contribution >= 0.6 is 0 Å². The van der Waals surface area contributed by atoms with E-state index in [1.54, 1.807) is 18.1 Å². The summed E-state index contributed by atoms with van der Waals surface area (Å²) < 4.78 is 5.25. The summed E-state index contributed by atoms with van der Waals surface area (Å²) in [5, 5.41) is 8.95. The molecular weight excluding hydrogens is 270 g/mol. The minimum atomic E-state index is -0.838. The Hall–Kier alpha value is -2.30. The van der Waals surface area contributed by atoms with E-state index in [0.717, 1.165) is 11.1 Å². The molecule has 1 aromatic carbocycles. The zero-order valence-corrected chi connectivity index (χ0v) is 12.2. The van der Waals surface area contributed by atoms with Gasteiger partial charge in [0.15, 0.2) is 0 Å². The highest BCUT2D eigenvalue weighted by molar-refractivity contribution is 5.92. The molecule has 0 spiro atoms. The Balaban J connectivity index is 2.06. The lowest BCUT2D eigenvalue weighted by Crippen LogP contribution is -2.28. The van der Waals surface area contributed by atoms with Gasteiger partial charge in [0, 0.05) is 24.7 Å². The van der Waals surface area contributed by atoms with Gasteiger partial charge in [-0.1, -0.05) is 11.6 Å². The SMILES string of the molecule is COc1ccc(C)cc1C=CC(=O)N1CCC(C(=O)O)C1. The number of hydrogen-bond acceptors (Lipinski definition) is 3.